The molecule has 2 amide bonds. The van der Waals surface area contributed by atoms with Crippen molar-refractivity contribution >= 4 is 23.7 Å². The van der Waals surface area contributed by atoms with Crippen LogP contribution in [0, 0.1) is 13.8 Å². The van der Waals surface area contributed by atoms with Gasteiger partial charge in [-0.3, -0.25) is 9.59 Å². The van der Waals surface area contributed by atoms with Crippen molar-refractivity contribution in [2.45, 2.75) is 26.7 Å². The number of phenols is 1. The topological polar surface area (TPSA) is 100 Å². The van der Waals surface area contributed by atoms with Crippen molar-refractivity contribution in [2.75, 3.05) is 12.4 Å². The van der Waals surface area contributed by atoms with E-state index in [0.29, 0.717) is 17.0 Å². The Morgan fingerprint density at radius 1 is 1.11 bits per heavy atom. The average molecular weight is 369 g/mol. The largest absolute Gasteiger partial charge is 0.504 e. The van der Waals surface area contributed by atoms with Gasteiger partial charge in [0.2, 0.25) is 11.8 Å². The quantitative estimate of drug-likeness (QED) is 0.516. The fourth-order valence-corrected chi connectivity index (χ4v) is 2.31. The maximum absolute atomic E-state index is 11.9. The number of methoxy groups -OCH3 is 1. The Hall–Kier alpha value is -3.35. The lowest BCUT2D eigenvalue weighted by atomic mass is 10.1. The lowest BCUT2D eigenvalue weighted by Gasteiger charge is -2.07. The van der Waals surface area contributed by atoms with Crippen LogP contribution < -0.4 is 15.5 Å². The van der Waals surface area contributed by atoms with Gasteiger partial charge < -0.3 is 15.2 Å². The van der Waals surface area contributed by atoms with Crippen molar-refractivity contribution in [1.29, 1.82) is 0 Å². The summed E-state index contributed by atoms with van der Waals surface area (Å²) in [7, 11) is 1.45. The van der Waals surface area contributed by atoms with Crippen molar-refractivity contribution in [2.24, 2.45) is 5.10 Å². The summed E-state index contributed by atoms with van der Waals surface area (Å²) >= 11 is 0. The summed E-state index contributed by atoms with van der Waals surface area (Å²) in [6.07, 6.45) is 1.35. The van der Waals surface area contributed by atoms with Crippen molar-refractivity contribution in [3.05, 3.63) is 53.1 Å². The van der Waals surface area contributed by atoms with Crippen LogP contribution >= 0.6 is 0 Å². The third-order valence-electron chi connectivity index (χ3n) is 4.01. The SMILES string of the molecule is COc1cccc(/C=N/NC(=O)CCC(=O)Nc2ccc(C)c(C)c2)c1O. The fourth-order valence-electron chi connectivity index (χ4n) is 2.31. The van der Waals surface area contributed by atoms with Crippen LogP contribution in [0.5, 0.6) is 11.5 Å². The second kappa shape index (κ2) is 9.38. The minimum Gasteiger partial charge on any atom is -0.504 e. The second-order valence-corrected chi connectivity index (χ2v) is 6.04. The molecule has 7 heteroatoms. The van der Waals surface area contributed by atoms with Crippen molar-refractivity contribution in [1.82, 2.24) is 5.43 Å². The molecule has 0 heterocycles. The highest BCUT2D eigenvalue weighted by atomic mass is 16.5. The zero-order chi connectivity index (χ0) is 19.8. The number of hydrazone groups is 1. The summed E-state index contributed by atoms with van der Waals surface area (Å²) in [5.74, 6) is -0.397. The summed E-state index contributed by atoms with van der Waals surface area (Å²) in [6.45, 7) is 3.97. The van der Waals surface area contributed by atoms with Crippen LogP contribution in [0.25, 0.3) is 0 Å². The highest BCUT2D eigenvalue weighted by Gasteiger charge is 2.08. The average Bonchev–Trinajstić information content (AvgIpc) is 2.64. The number of rotatable bonds is 7. The van der Waals surface area contributed by atoms with Gasteiger partial charge in [0.15, 0.2) is 11.5 Å². The number of aromatic hydroxyl groups is 1. The third-order valence-corrected chi connectivity index (χ3v) is 4.01. The number of carbonyl (C=O) groups excluding carboxylic acids is 2. The number of hydrogen-bond donors (Lipinski definition) is 3. The van der Waals surface area contributed by atoms with E-state index in [1.54, 1.807) is 18.2 Å². The van der Waals surface area contributed by atoms with Gasteiger partial charge in [-0.1, -0.05) is 12.1 Å². The molecule has 0 atom stereocenters. The van der Waals surface area contributed by atoms with Gasteiger partial charge >= 0.3 is 0 Å². The zero-order valence-corrected chi connectivity index (χ0v) is 15.6. The normalized spacial score (nSPS) is 10.6. The summed E-state index contributed by atoms with van der Waals surface area (Å²) in [5, 5.41) is 16.5. The molecule has 3 N–H and O–H groups in total. The Morgan fingerprint density at radius 2 is 1.85 bits per heavy atom. The van der Waals surface area contributed by atoms with E-state index >= 15 is 0 Å². The van der Waals surface area contributed by atoms with E-state index in [-0.39, 0.29) is 24.5 Å². The number of para-hydroxylation sites is 1. The molecule has 2 rings (SSSR count). The van der Waals surface area contributed by atoms with Crippen LogP contribution in [-0.2, 0) is 9.59 Å². The summed E-state index contributed by atoms with van der Waals surface area (Å²) < 4.78 is 5.00. The molecule has 142 valence electrons. The van der Waals surface area contributed by atoms with E-state index in [1.165, 1.54) is 13.3 Å². The maximum Gasteiger partial charge on any atom is 0.240 e. The van der Waals surface area contributed by atoms with Gasteiger partial charge in [-0.05, 0) is 49.2 Å². The van der Waals surface area contributed by atoms with E-state index in [9.17, 15) is 14.7 Å². The summed E-state index contributed by atoms with van der Waals surface area (Å²) in [4.78, 5) is 23.8. The monoisotopic (exact) mass is 369 g/mol. The van der Waals surface area contributed by atoms with Gasteiger partial charge in [-0.25, -0.2) is 5.43 Å². The van der Waals surface area contributed by atoms with Gasteiger partial charge in [0.1, 0.15) is 0 Å². The van der Waals surface area contributed by atoms with E-state index in [2.05, 4.69) is 15.8 Å². The molecule has 0 aromatic heterocycles. The molecule has 0 aliphatic carbocycles. The first-order valence-electron chi connectivity index (χ1n) is 8.45. The van der Waals surface area contributed by atoms with Crippen LogP contribution in [0.4, 0.5) is 5.69 Å². The predicted octanol–water partition coefficient (Wildman–Crippen LogP) is 2.89. The number of phenolic OH excluding ortho intramolecular Hbond substituents is 1. The molecule has 0 bridgehead atoms. The third kappa shape index (κ3) is 5.85. The number of ether oxygens (including phenoxy) is 1. The van der Waals surface area contributed by atoms with Gasteiger partial charge in [0.25, 0.3) is 0 Å². The highest BCUT2D eigenvalue weighted by molar-refractivity contribution is 5.93. The molecule has 7 nitrogen and oxygen atoms in total. The van der Waals surface area contributed by atoms with E-state index in [1.807, 2.05) is 32.0 Å². The van der Waals surface area contributed by atoms with Crippen LogP contribution in [0.15, 0.2) is 41.5 Å². The minimum absolute atomic E-state index is 0.00188. The molecule has 0 saturated heterocycles. The van der Waals surface area contributed by atoms with Crippen LogP contribution in [0.3, 0.4) is 0 Å². The predicted molar refractivity (Wildman–Crippen MR) is 104 cm³/mol. The Morgan fingerprint density at radius 3 is 2.56 bits per heavy atom. The van der Waals surface area contributed by atoms with E-state index < -0.39 is 5.91 Å². The number of carbonyl (C=O) groups is 2. The molecule has 27 heavy (non-hydrogen) atoms. The molecule has 0 unspecified atom stereocenters. The first-order valence-corrected chi connectivity index (χ1v) is 8.45. The van der Waals surface area contributed by atoms with Crippen molar-refractivity contribution < 1.29 is 19.4 Å². The number of nitrogens with zero attached hydrogens (tertiary/aromatic N) is 1. The van der Waals surface area contributed by atoms with Gasteiger partial charge in [0, 0.05) is 24.1 Å². The van der Waals surface area contributed by atoms with Crippen LogP contribution in [-0.4, -0.2) is 30.2 Å². The van der Waals surface area contributed by atoms with Gasteiger partial charge in [0.05, 0.1) is 13.3 Å². The van der Waals surface area contributed by atoms with E-state index in [4.69, 9.17) is 4.74 Å². The smallest absolute Gasteiger partial charge is 0.240 e. The molecule has 0 saturated carbocycles. The van der Waals surface area contributed by atoms with Crippen LogP contribution in [0.1, 0.15) is 29.5 Å². The highest BCUT2D eigenvalue weighted by Crippen LogP contribution is 2.27. The Bertz CT molecular complexity index is 862. The number of aryl methyl sites for hydroxylation is 2. The summed E-state index contributed by atoms with van der Waals surface area (Å²) in [5.41, 5.74) is 5.67. The number of amides is 2. The van der Waals surface area contributed by atoms with E-state index in [0.717, 1.165) is 11.1 Å². The number of benzene rings is 2. The molecule has 0 radical (unpaired) electrons. The van der Waals surface area contributed by atoms with Crippen molar-refractivity contribution in [3.8, 4) is 11.5 Å². The number of nitrogens with one attached hydrogen (secondary N) is 2. The van der Waals surface area contributed by atoms with Gasteiger partial charge in [-0.2, -0.15) is 5.10 Å². The lowest BCUT2D eigenvalue weighted by Crippen LogP contribution is -2.20. The van der Waals surface area contributed by atoms with Crippen molar-refractivity contribution in [3.63, 3.8) is 0 Å². The number of anilines is 1. The first kappa shape index (κ1) is 20.0. The molecule has 2 aromatic carbocycles. The van der Waals surface area contributed by atoms with Crippen LogP contribution in [0.2, 0.25) is 0 Å². The first-order chi connectivity index (χ1) is 12.9. The molecule has 0 aliphatic heterocycles. The van der Waals surface area contributed by atoms with Gasteiger partial charge in [-0.15, -0.1) is 0 Å². The molecule has 0 aliphatic rings. The molecule has 0 fully saturated rings. The number of hydrogen-bond acceptors (Lipinski definition) is 5. The standard InChI is InChI=1S/C20H23N3O4/c1-13-7-8-16(11-14(13)2)22-18(24)9-10-19(25)23-21-12-15-5-4-6-17(27-3)20(15)26/h4-8,11-12,26H,9-10H2,1-3H3,(H,22,24)(H,23,25)/b21-12+. The second-order valence-electron chi connectivity index (χ2n) is 6.04. The summed E-state index contributed by atoms with van der Waals surface area (Å²) in [6, 6.07) is 10.6. The fraction of sp³-hybridized carbons (Fsp3) is 0.250. The maximum atomic E-state index is 11.9. The molecular weight excluding hydrogens is 346 g/mol. The molecular formula is C20H23N3O4. The Labute approximate surface area is 158 Å². The Balaban J connectivity index is 1.80. The lowest BCUT2D eigenvalue weighted by molar-refractivity contribution is -0.124. The molecule has 2 aromatic rings. The minimum atomic E-state index is -0.399. The molecule has 0 spiro atoms. The Kier molecular flexibility index (Phi) is 6.93. The zero-order valence-electron chi connectivity index (χ0n) is 15.6.